The molecule has 0 bridgehead atoms. The van der Waals surface area contributed by atoms with Gasteiger partial charge < -0.3 is 25.6 Å². The Hall–Kier alpha value is -3.12. The number of carbonyl (C=O) groups excluding carboxylic acids is 1. The lowest BCUT2D eigenvalue weighted by Gasteiger charge is -2.36. The van der Waals surface area contributed by atoms with Gasteiger partial charge in [-0.25, -0.2) is 15.0 Å². The predicted octanol–water partition coefficient (Wildman–Crippen LogP) is -0.319. The van der Waals surface area contributed by atoms with Gasteiger partial charge in [0.05, 0.1) is 6.33 Å². The van der Waals surface area contributed by atoms with Crippen LogP contribution in [0, 0.1) is 6.92 Å². The number of hydrogen-bond acceptors (Lipinski definition) is 9. The van der Waals surface area contributed by atoms with Gasteiger partial charge in [-0.15, -0.1) is 0 Å². The zero-order chi connectivity index (χ0) is 23.1. The molecule has 2 aliphatic heterocycles. The van der Waals surface area contributed by atoms with Crippen molar-refractivity contribution in [2.45, 2.75) is 38.0 Å². The highest BCUT2D eigenvalue weighted by Gasteiger charge is 2.49. The number of hydrogen-bond donors (Lipinski definition) is 3. The zero-order valence-corrected chi connectivity index (χ0v) is 18.3. The smallest absolute Gasteiger partial charge is 0.254 e. The molecule has 4 atom stereocenters. The minimum atomic E-state index is -1.37. The van der Waals surface area contributed by atoms with Crippen molar-refractivity contribution in [3.8, 4) is 0 Å². The molecule has 0 aliphatic carbocycles. The maximum Gasteiger partial charge on any atom is 0.254 e. The third kappa shape index (κ3) is 3.93. The molecular formula is C22H27N7O4. The predicted molar refractivity (Wildman–Crippen MR) is 119 cm³/mol. The van der Waals surface area contributed by atoms with E-state index in [2.05, 4.69) is 38.9 Å². The Morgan fingerprint density at radius 3 is 2.64 bits per heavy atom. The Morgan fingerprint density at radius 1 is 1.12 bits per heavy atom. The average Bonchev–Trinajstić information content (AvgIpc) is 3.37. The maximum atomic E-state index is 13.1. The number of fused-ring (bicyclic) bond motifs is 1. The van der Waals surface area contributed by atoms with Crippen LogP contribution in [0.1, 0.15) is 17.4 Å². The highest BCUT2D eigenvalue weighted by Crippen LogP contribution is 2.33. The molecule has 4 heterocycles. The Kier molecular flexibility index (Phi) is 5.71. The second-order valence-electron chi connectivity index (χ2n) is 8.54. The number of carbonyl (C=O) groups is 1. The van der Waals surface area contributed by atoms with Crippen LogP contribution in [0.25, 0.3) is 11.2 Å². The summed E-state index contributed by atoms with van der Waals surface area (Å²) in [4.78, 5) is 29.4. The summed E-state index contributed by atoms with van der Waals surface area (Å²) in [5.74, 6) is -0.138. The minimum Gasteiger partial charge on any atom is -0.387 e. The van der Waals surface area contributed by atoms with E-state index < -0.39 is 24.5 Å². The van der Waals surface area contributed by atoms with Gasteiger partial charge in [-0.2, -0.15) is 0 Å². The van der Waals surface area contributed by atoms with Gasteiger partial charge in [0.25, 0.3) is 5.91 Å². The third-order valence-electron chi connectivity index (χ3n) is 6.48. The summed E-state index contributed by atoms with van der Waals surface area (Å²) < 4.78 is 7.32. The summed E-state index contributed by atoms with van der Waals surface area (Å²) in [7, 11) is 0. The lowest BCUT2D eigenvalue weighted by atomic mass is 10.1. The summed E-state index contributed by atoms with van der Waals surface area (Å²) in [5.41, 5.74) is 9.07. The molecule has 1 aromatic carbocycles. The standard InChI is InChI=1S/C22H27N7O4/c1-13-4-2-3-5-14(13)10-27-6-8-28(9-7-27)21(32)18-16(30)17(31)22(33-18)29-12-26-15-19(23)24-11-25-20(15)29/h2-5,11-12,16-18,22,30-31H,6-10H2,1H3,(H2,23,24,25)/t16-,17+,18-,22+/m0/s1. The maximum absolute atomic E-state index is 13.1. The molecule has 2 aromatic heterocycles. The Labute approximate surface area is 190 Å². The topological polar surface area (TPSA) is 143 Å². The van der Waals surface area contributed by atoms with E-state index in [0.717, 1.165) is 19.6 Å². The number of aliphatic hydroxyl groups is 2. The number of aromatic nitrogens is 4. The van der Waals surface area contributed by atoms with E-state index in [1.54, 1.807) is 4.90 Å². The van der Waals surface area contributed by atoms with E-state index in [4.69, 9.17) is 10.5 Å². The number of rotatable bonds is 4. The Balaban J connectivity index is 1.25. The second-order valence-corrected chi connectivity index (χ2v) is 8.54. The number of amides is 1. The molecule has 2 aliphatic rings. The highest BCUT2D eigenvalue weighted by atomic mass is 16.6. The molecule has 5 rings (SSSR count). The lowest BCUT2D eigenvalue weighted by molar-refractivity contribution is -0.150. The van der Waals surface area contributed by atoms with Crippen molar-refractivity contribution >= 4 is 22.9 Å². The summed E-state index contributed by atoms with van der Waals surface area (Å²) in [6.07, 6.45) is -2.20. The van der Waals surface area contributed by atoms with Crippen LogP contribution in [0.3, 0.4) is 0 Å². The largest absolute Gasteiger partial charge is 0.387 e. The molecule has 3 aromatic rings. The molecule has 0 spiro atoms. The molecule has 0 saturated carbocycles. The molecule has 1 amide bonds. The van der Waals surface area contributed by atoms with E-state index in [1.807, 2.05) is 12.1 Å². The lowest BCUT2D eigenvalue weighted by Crippen LogP contribution is -2.53. The van der Waals surface area contributed by atoms with Crippen LogP contribution in [-0.2, 0) is 16.1 Å². The fourth-order valence-electron chi connectivity index (χ4n) is 4.48. The molecule has 33 heavy (non-hydrogen) atoms. The summed E-state index contributed by atoms with van der Waals surface area (Å²) in [6.45, 7) is 5.41. The van der Waals surface area contributed by atoms with Crippen LogP contribution in [-0.4, -0.2) is 89.9 Å². The number of imidazole rings is 1. The molecule has 174 valence electrons. The number of piperazine rings is 1. The van der Waals surface area contributed by atoms with Gasteiger partial charge in [0, 0.05) is 32.7 Å². The normalized spacial score (nSPS) is 26.2. The number of anilines is 1. The van der Waals surface area contributed by atoms with E-state index in [-0.39, 0.29) is 11.7 Å². The SMILES string of the molecule is Cc1ccccc1CN1CCN(C(=O)[C@H]2O[C@@H](n3cnc4c(N)ncnc43)[C@H](O)[C@@H]2O)CC1. The van der Waals surface area contributed by atoms with Gasteiger partial charge in [0.15, 0.2) is 23.8 Å². The van der Waals surface area contributed by atoms with Gasteiger partial charge in [0.2, 0.25) is 0 Å². The van der Waals surface area contributed by atoms with Crippen molar-refractivity contribution in [3.63, 3.8) is 0 Å². The molecule has 11 nitrogen and oxygen atoms in total. The van der Waals surface area contributed by atoms with Crippen LogP contribution in [0.2, 0.25) is 0 Å². The first-order valence-electron chi connectivity index (χ1n) is 10.9. The number of nitrogens with two attached hydrogens (primary N) is 1. The van der Waals surface area contributed by atoms with Gasteiger partial charge in [-0.1, -0.05) is 24.3 Å². The number of aliphatic hydroxyl groups excluding tert-OH is 2. The second kappa shape index (κ2) is 8.67. The van der Waals surface area contributed by atoms with Crippen LogP contribution < -0.4 is 5.73 Å². The van der Waals surface area contributed by atoms with Gasteiger partial charge in [-0.05, 0) is 18.1 Å². The van der Waals surface area contributed by atoms with Crippen molar-refractivity contribution in [3.05, 3.63) is 48.0 Å². The fraction of sp³-hybridized carbons (Fsp3) is 0.455. The van der Waals surface area contributed by atoms with E-state index >= 15 is 0 Å². The number of nitrogens with zero attached hydrogens (tertiary/aromatic N) is 6. The number of aryl methyl sites for hydroxylation is 1. The third-order valence-corrected chi connectivity index (χ3v) is 6.48. The molecule has 11 heteroatoms. The molecule has 2 fully saturated rings. The van der Waals surface area contributed by atoms with Crippen molar-refractivity contribution in [2.24, 2.45) is 0 Å². The Bertz CT molecular complexity index is 1160. The molecular weight excluding hydrogens is 426 g/mol. The first-order chi connectivity index (χ1) is 15.9. The van der Waals surface area contributed by atoms with E-state index in [0.29, 0.717) is 24.3 Å². The van der Waals surface area contributed by atoms with E-state index in [9.17, 15) is 15.0 Å². The summed E-state index contributed by atoms with van der Waals surface area (Å²) in [6, 6.07) is 8.28. The first kappa shape index (κ1) is 21.7. The van der Waals surface area contributed by atoms with Crippen molar-refractivity contribution < 1.29 is 19.7 Å². The zero-order valence-electron chi connectivity index (χ0n) is 18.3. The van der Waals surface area contributed by atoms with Gasteiger partial charge in [-0.3, -0.25) is 14.3 Å². The molecule has 0 unspecified atom stereocenters. The van der Waals surface area contributed by atoms with Gasteiger partial charge in [0.1, 0.15) is 24.1 Å². The minimum absolute atomic E-state index is 0.197. The van der Waals surface area contributed by atoms with Crippen molar-refractivity contribution in [1.29, 1.82) is 0 Å². The summed E-state index contributed by atoms with van der Waals surface area (Å²) >= 11 is 0. The van der Waals surface area contributed by atoms with Crippen molar-refractivity contribution in [1.82, 2.24) is 29.3 Å². The molecule has 0 radical (unpaired) electrons. The highest BCUT2D eigenvalue weighted by molar-refractivity contribution is 5.83. The average molecular weight is 454 g/mol. The number of ether oxygens (including phenoxy) is 1. The van der Waals surface area contributed by atoms with Crippen LogP contribution in [0.5, 0.6) is 0 Å². The van der Waals surface area contributed by atoms with Crippen LogP contribution in [0.15, 0.2) is 36.9 Å². The fourth-order valence-corrected chi connectivity index (χ4v) is 4.48. The number of benzene rings is 1. The van der Waals surface area contributed by atoms with E-state index in [1.165, 1.54) is 28.3 Å². The Morgan fingerprint density at radius 2 is 1.88 bits per heavy atom. The number of nitrogen functional groups attached to an aromatic ring is 1. The molecule has 4 N–H and O–H groups in total. The monoisotopic (exact) mass is 453 g/mol. The summed E-state index contributed by atoms with van der Waals surface area (Å²) in [5, 5.41) is 21.2. The first-order valence-corrected chi connectivity index (χ1v) is 10.9. The van der Waals surface area contributed by atoms with Crippen LogP contribution in [0.4, 0.5) is 5.82 Å². The van der Waals surface area contributed by atoms with Crippen LogP contribution >= 0.6 is 0 Å². The molecule has 2 saturated heterocycles. The van der Waals surface area contributed by atoms with Gasteiger partial charge >= 0.3 is 0 Å². The quantitative estimate of drug-likeness (QED) is 0.484. The van der Waals surface area contributed by atoms with Crippen molar-refractivity contribution in [2.75, 3.05) is 31.9 Å².